The minimum absolute atomic E-state index is 0.138. The van der Waals surface area contributed by atoms with Gasteiger partial charge in [-0.25, -0.2) is 0 Å². The minimum Gasteiger partial charge on any atom is -0.472 e. The smallest absolute Gasteiger partial charge is 0.257 e. The van der Waals surface area contributed by atoms with E-state index in [9.17, 15) is 4.79 Å². The fourth-order valence-corrected chi connectivity index (χ4v) is 3.68. The molecule has 19 heavy (non-hydrogen) atoms. The number of likely N-dealkylation sites (tertiary alicyclic amines) is 2. The van der Waals surface area contributed by atoms with Crippen LogP contribution in [-0.4, -0.2) is 47.4 Å². The van der Waals surface area contributed by atoms with Crippen LogP contribution in [0.5, 0.6) is 0 Å². The third-order valence-corrected chi connectivity index (χ3v) is 4.59. The van der Waals surface area contributed by atoms with Crippen molar-refractivity contribution >= 4 is 5.91 Å². The summed E-state index contributed by atoms with van der Waals surface area (Å²) >= 11 is 0. The van der Waals surface area contributed by atoms with Gasteiger partial charge in [-0.15, -0.1) is 0 Å². The van der Waals surface area contributed by atoms with Crippen LogP contribution in [0.4, 0.5) is 0 Å². The Kier molecular flexibility index (Phi) is 3.60. The van der Waals surface area contributed by atoms with Crippen LogP contribution in [0.2, 0.25) is 0 Å². The highest BCUT2D eigenvalue weighted by atomic mass is 16.3. The Morgan fingerprint density at radius 2 is 2.11 bits per heavy atom. The summed E-state index contributed by atoms with van der Waals surface area (Å²) in [6.45, 7) is 5.39. The monoisotopic (exact) mass is 262 g/mol. The second-order valence-electron chi connectivity index (χ2n) is 5.56. The maximum Gasteiger partial charge on any atom is 0.257 e. The van der Waals surface area contributed by atoms with Gasteiger partial charge >= 0.3 is 0 Å². The Morgan fingerprint density at radius 3 is 2.84 bits per heavy atom. The molecule has 3 heterocycles. The summed E-state index contributed by atoms with van der Waals surface area (Å²) < 4.78 is 5.04. The molecule has 0 spiro atoms. The maximum atomic E-state index is 12.5. The summed E-state index contributed by atoms with van der Waals surface area (Å²) in [6, 6.07) is 2.72. The molecular formula is C15H22N2O2. The molecule has 1 amide bonds. The molecular weight excluding hydrogens is 240 g/mol. The van der Waals surface area contributed by atoms with Crippen molar-refractivity contribution in [3.05, 3.63) is 24.2 Å². The number of hydrogen-bond donors (Lipinski definition) is 0. The summed E-state index contributed by atoms with van der Waals surface area (Å²) in [7, 11) is 0. The van der Waals surface area contributed by atoms with Crippen LogP contribution in [0.1, 0.15) is 43.0 Å². The highest BCUT2D eigenvalue weighted by molar-refractivity contribution is 5.94. The largest absolute Gasteiger partial charge is 0.472 e. The van der Waals surface area contributed by atoms with E-state index < -0.39 is 0 Å². The van der Waals surface area contributed by atoms with Crippen LogP contribution in [-0.2, 0) is 0 Å². The van der Waals surface area contributed by atoms with Crippen LogP contribution >= 0.6 is 0 Å². The zero-order valence-corrected chi connectivity index (χ0v) is 11.5. The van der Waals surface area contributed by atoms with Gasteiger partial charge in [-0.05, 0) is 44.8 Å². The fraction of sp³-hybridized carbons (Fsp3) is 0.667. The van der Waals surface area contributed by atoms with E-state index in [1.54, 1.807) is 18.6 Å². The van der Waals surface area contributed by atoms with Crippen molar-refractivity contribution in [3.8, 4) is 0 Å². The van der Waals surface area contributed by atoms with Crippen LogP contribution in [0.3, 0.4) is 0 Å². The lowest BCUT2D eigenvalue weighted by Gasteiger charge is -2.34. The molecule has 4 nitrogen and oxygen atoms in total. The topological polar surface area (TPSA) is 36.7 Å². The summed E-state index contributed by atoms with van der Waals surface area (Å²) in [6.07, 6.45) is 7.90. The standard InChI is InChI=1S/C15H22N2O2/c1-2-16-8-3-5-13(16)14-6-4-9-17(14)15(18)12-7-10-19-11-12/h7,10-11,13-14H,2-6,8-9H2,1H3/t13-,14+/m0/s1. The quantitative estimate of drug-likeness (QED) is 0.839. The molecule has 4 heteroatoms. The maximum absolute atomic E-state index is 12.5. The van der Waals surface area contributed by atoms with Crippen LogP contribution < -0.4 is 0 Å². The molecule has 0 radical (unpaired) electrons. The Hall–Kier alpha value is -1.29. The van der Waals surface area contributed by atoms with Crippen molar-refractivity contribution in [3.63, 3.8) is 0 Å². The van der Waals surface area contributed by atoms with Gasteiger partial charge in [0.05, 0.1) is 11.8 Å². The van der Waals surface area contributed by atoms with E-state index in [1.165, 1.54) is 19.4 Å². The molecule has 2 aliphatic heterocycles. The molecule has 0 saturated carbocycles. The zero-order valence-electron chi connectivity index (χ0n) is 11.5. The van der Waals surface area contributed by atoms with E-state index in [1.807, 2.05) is 0 Å². The number of rotatable bonds is 3. The molecule has 0 N–H and O–H groups in total. The SMILES string of the molecule is CCN1CCC[C@H]1[C@H]1CCCN1C(=O)c1ccoc1. The van der Waals surface area contributed by atoms with Crippen molar-refractivity contribution < 1.29 is 9.21 Å². The third-order valence-electron chi connectivity index (χ3n) is 4.59. The molecule has 2 saturated heterocycles. The Balaban J connectivity index is 1.76. The van der Waals surface area contributed by atoms with Gasteiger partial charge in [-0.3, -0.25) is 9.69 Å². The second kappa shape index (κ2) is 5.37. The number of nitrogens with zero attached hydrogens (tertiary/aromatic N) is 2. The Morgan fingerprint density at radius 1 is 1.32 bits per heavy atom. The number of furan rings is 1. The lowest BCUT2D eigenvalue weighted by molar-refractivity contribution is 0.0649. The van der Waals surface area contributed by atoms with Gasteiger partial charge < -0.3 is 9.32 Å². The van der Waals surface area contributed by atoms with E-state index in [-0.39, 0.29) is 5.91 Å². The van der Waals surface area contributed by atoms with E-state index in [0.29, 0.717) is 17.6 Å². The molecule has 1 aromatic heterocycles. The van der Waals surface area contributed by atoms with Gasteiger partial charge in [0.2, 0.25) is 0 Å². The lowest BCUT2D eigenvalue weighted by atomic mass is 10.0. The molecule has 2 aliphatic rings. The van der Waals surface area contributed by atoms with E-state index in [0.717, 1.165) is 25.9 Å². The van der Waals surface area contributed by atoms with Gasteiger partial charge in [0.15, 0.2) is 0 Å². The third kappa shape index (κ3) is 2.29. The van der Waals surface area contributed by atoms with Gasteiger partial charge in [-0.1, -0.05) is 6.92 Å². The van der Waals surface area contributed by atoms with Crippen molar-refractivity contribution in [2.75, 3.05) is 19.6 Å². The lowest BCUT2D eigenvalue weighted by Crippen LogP contribution is -2.48. The molecule has 2 fully saturated rings. The van der Waals surface area contributed by atoms with Crippen molar-refractivity contribution in [2.45, 2.75) is 44.7 Å². The first-order valence-corrected chi connectivity index (χ1v) is 7.38. The van der Waals surface area contributed by atoms with Gasteiger partial charge in [-0.2, -0.15) is 0 Å². The molecule has 2 atom stereocenters. The van der Waals surface area contributed by atoms with Crippen LogP contribution in [0.25, 0.3) is 0 Å². The van der Waals surface area contributed by atoms with Gasteiger partial charge in [0, 0.05) is 18.6 Å². The predicted molar refractivity (Wildman–Crippen MR) is 73.0 cm³/mol. The van der Waals surface area contributed by atoms with E-state index in [2.05, 4.69) is 16.7 Å². The van der Waals surface area contributed by atoms with E-state index in [4.69, 9.17) is 4.42 Å². The van der Waals surface area contributed by atoms with Crippen molar-refractivity contribution in [1.82, 2.24) is 9.80 Å². The molecule has 0 aliphatic carbocycles. The number of carbonyl (C=O) groups excluding carboxylic acids is 1. The highest BCUT2D eigenvalue weighted by Gasteiger charge is 2.39. The number of amides is 1. The summed E-state index contributed by atoms with van der Waals surface area (Å²) in [5.41, 5.74) is 0.688. The minimum atomic E-state index is 0.138. The Bertz CT molecular complexity index is 429. The molecule has 3 rings (SSSR count). The second-order valence-corrected chi connectivity index (χ2v) is 5.56. The molecule has 0 unspecified atom stereocenters. The normalized spacial score (nSPS) is 28.2. The number of hydrogen-bond acceptors (Lipinski definition) is 3. The molecule has 104 valence electrons. The van der Waals surface area contributed by atoms with Gasteiger partial charge in [0.1, 0.15) is 6.26 Å². The Labute approximate surface area is 114 Å². The molecule has 1 aromatic rings. The highest BCUT2D eigenvalue weighted by Crippen LogP contribution is 2.30. The zero-order chi connectivity index (χ0) is 13.2. The van der Waals surface area contributed by atoms with Crippen molar-refractivity contribution in [1.29, 1.82) is 0 Å². The van der Waals surface area contributed by atoms with E-state index >= 15 is 0 Å². The average Bonchev–Trinajstić information content (AvgIpc) is 3.16. The number of likely N-dealkylation sites (N-methyl/N-ethyl adjacent to an activating group) is 1. The van der Waals surface area contributed by atoms with Gasteiger partial charge in [0.25, 0.3) is 5.91 Å². The summed E-state index contributed by atoms with van der Waals surface area (Å²) in [5, 5.41) is 0. The predicted octanol–water partition coefficient (Wildman–Crippen LogP) is 2.37. The van der Waals surface area contributed by atoms with Crippen LogP contribution in [0, 0.1) is 0 Å². The fourth-order valence-electron chi connectivity index (χ4n) is 3.68. The summed E-state index contributed by atoms with van der Waals surface area (Å²) in [5.74, 6) is 0.138. The summed E-state index contributed by atoms with van der Waals surface area (Å²) in [4.78, 5) is 17.1. The van der Waals surface area contributed by atoms with Crippen LogP contribution in [0.15, 0.2) is 23.0 Å². The first kappa shape index (κ1) is 12.7. The number of carbonyl (C=O) groups is 1. The average molecular weight is 262 g/mol. The van der Waals surface area contributed by atoms with Crippen molar-refractivity contribution in [2.24, 2.45) is 0 Å². The molecule has 0 aromatic carbocycles. The first-order chi connectivity index (χ1) is 9.31. The first-order valence-electron chi connectivity index (χ1n) is 7.38. The molecule has 0 bridgehead atoms.